The van der Waals surface area contributed by atoms with Crippen molar-refractivity contribution in [2.45, 2.75) is 18.5 Å². The molecular weight excluding hydrogens is 457 g/mol. The van der Waals surface area contributed by atoms with Crippen molar-refractivity contribution in [3.63, 3.8) is 0 Å². The van der Waals surface area contributed by atoms with Crippen molar-refractivity contribution in [2.24, 2.45) is 0 Å². The number of amides is 1. The Kier molecular flexibility index (Phi) is 5.76. The number of halogens is 3. The van der Waals surface area contributed by atoms with Crippen LogP contribution in [0, 0.1) is 0 Å². The molecule has 1 aliphatic rings. The molecule has 5 rings (SSSR count). The number of benzene rings is 1. The van der Waals surface area contributed by atoms with Crippen molar-refractivity contribution in [3.05, 3.63) is 91.0 Å². The second-order valence-electron chi connectivity index (χ2n) is 8.30. The van der Waals surface area contributed by atoms with Crippen molar-refractivity contribution >= 4 is 11.4 Å². The third-order valence-electron chi connectivity index (χ3n) is 6.16. The topological polar surface area (TPSA) is 59.7 Å². The van der Waals surface area contributed by atoms with Gasteiger partial charge in [0.25, 0.3) is 0 Å². The molecule has 0 bridgehead atoms. The summed E-state index contributed by atoms with van der Waals surface area (Å²) in [4.78, 5) is 22.0. The Morgan fingerprint density at radius 1 is 1.11 bits per heavy atom. The number of carbonyl (C=O) groups is 1. The molecule has 1 fully saturated rings. The van der Waals surface area contributed by atoms with Crippen LogP contribution < -0.4 is 4.74 Å². The number of likely N-dealkylation sites (tertiary alicyclic amines) is 1. The average molecular weight is 478 g/mol. The number of carbonyl (C=O) groups excluding carboxylic acids is 1. The van der Waals surface area contributed by atoms with Gasteiger partial charge in [0.2, 0.25) is 11.8 Å². The highest BCUT2D eigenvalue weighted by molar-refractivity contribution is 5.87. The number of fused-ring (bicyclic) bond motifs is 1. The van der Waals surface area contributed by atoms with Gasteiger partial charge in [-0.25, -0.2) is 9.97 Å². The van der Waals surface area contributed by atoms with E-state index in [2.05, 4.69) is 22.6 Å². The molecule has 1 unspecified atom stereocenters. The molecule has 0 N–H and O–H groups in total. The summed E-state index contributed by atoms with van der Waals surface area (Å²) in [7, 11) is 0. The number of nitrogens with zero attached hydrogens (tertiary/aromatic N) is 4. The molecule has 35 heavy (non-hydrogen) atoms. The molecule has 9 heteroatoms. The number of rotatable bonds is 5. The second-order valence-corrected chi connectivity index (χ2v) is 8.30. The van der Waals surface area contributed by atoms with Crippen molar-refractivity contribution in [1.82, 2.24) is 19.3 Å². The van der Waals surface area contributed by atoms with Crippen LogP contribution in [0.3, 0.4) is 0 Å². The van der Waals surface area contributed by atoms with E-state index in [0.29, 0.717) is 18.8 Å². The van der Waals surface area contributed by atoms with Crippen LogP contribution in [0.25, 0.3) is 16.8 Å². The van der Waals surface area contributed by atoms with Crippen LogP contribution in [0.2, 0.25) is 0 Å². The predicted octanol–water partition coefficient (Wildman–Crippen LogP) is 5.71. The fraction of sp³-hybridized carbons (Fsp3) is 0.192. The maximum Gasteiger partial charge on any atom is 0.416 e. The molecule has 1 aliphatic heterocycles. The summed E-state index contributed by atoms with van der Waals surface area (Å²) >= 11 is 0. The molecule has 0 spiro atoms. The molecule has 1 aromatic carbocycles. The highest BCUT2D eigenvalue weighted by Crippen LogP contribution is 2.36. The lowest BCUT2D eigenvalue weighted by Crippen LogP contribution is -2.26. The molecule has 3 aromatic heterocycles. The number of hydrogen-bond donors (Lipinski definition) is 0. The van der Waals surface area contributed by atoms with E-state index in [0.717, 1.165) is 47.1 Å². The number of hydrogen-bond acceptors (Lipinski definition) is 4. The summed E-state index contributed by atoms with van der Waals surface area (Å²) in [6.45, 7) is 4.89. The number of aromatic nitrogens is 3. The number of pyridine rings is 1. The average Bonchev–Trinajstić information content (AvgIpc) is 3.49. The standard InChI is InChI=1S/C26H21F3N4O2/c1-2-25(34)32-12-9-18(15-32)21-14-23(33-16-30-10-8-22(21)33)17-3-5-20(6-4-17)35-24-13-19(7-11-31-24)26(27,28)29/h2-8,10-11,13-14,16,18H,1,9,12,15H2. The van der Waals surface area contributed by atoms with E-state index in [1.54, 1.807) is 29.6 Å². The van der Waals surface area contributed by atoms with Gasteiger partial charge in [0, 0.05) is 37.5 Å². The van der Waals surface area contributed by atoms with Gasteiger partial charge in [0.1, 0.15) is 5.75 Å². The third kappa shape index (κ3) is 4.49. The summed E-state index contributed by atoms with van der Waals surface area (Å²) in [6, 6.07) is 12.9. The van der Waals surface area contributed by atoms with Crippen LogP contribution in [-0.2, 0) is 11.0 Å². The minimum Gasteiger partial charge on any atom is -0.439 e. The first-order chi connectivity index (χ1) is 16.8. The Hall–Kier alpha value is -4.14. The van der Waals surface area contributed by atoms with E-state index in [4.69, 9.17) is 4.74 Å². The van der Waals surface area contributed by atoms with E-state index >= 15 is 0 Å². The Morgan fingerprint density at radius 3 is 2.66 bits per heavy atom. The van der Waals surface area contributed by atoms with Crippen molar-refractivity contribution in [2.75, 3.05) is 13.1 Å². The van der Waals surface area contributed by atoms with Crippen molar-refractivity contribution in [1.29, 1.82) is 0 Å². The molecule has 0 saturated carbocycles. The maximum atomic E-state index is 13.0. The van der Waals surface area contributed by atoms with Crippen LogP contribution >= 0.6 is 0 Å². The lowest BCUT2D eigenvalue weighted by atomic mass is 9.99. The fourth-order valence-electron chi connectivity index (χ4n) is 4.43. The number of alkyl halides is 3. The van der Waals surface area contributed by atoms with Crippen molar-refractivity contribution in [3.8, 4) is 22.9 Å². The molecule has 178 valence electrons. The van der Waals surface area contributed by atoms with Crippen LogP contribution in [0.1, 0.15) is 23.5 Å². The molecule has 1 amide bonds. The molecule has 0 aliphatic carbocycles. The van der Waals surface area contributed by atoms with E-state index in [1.807, 2.05) is 22.6 Å². The van der Waals surface area contributed by atoms with E-state index < -0.39 is 11.7 Å². The zero-order valence-electron chi connectivity index (χ0n) is 18.6. The molecular formula is C26H21F3N4O2. The van der Waals surface area contributed by atoms with Gasteiger partial charge < -0.3 is 14.0 Å². The normalized spacial score (nSPS) is 16.0. The minimum absolute atomic E-state index is 0.0660. The Labute approximate surface area is 199 Å². The van der Waals surface area contributed by atoms with Gasteiger partial charge in [-0.3, -0.25) is 4.79 Å². The number of ether oxygens (including phenoxy) is 1. The second kappa shape index (κ2) is 8.90. The first kappa shape index (κ1) is 22.6. The maximum absolute atomic E-state index is 13.0. The molecule has 1 saturated heterocycles. The minimum atomic E-state index is -4.47. The lowest BCUT2D eigenvalue weighted by Gasteiger charge is -2.13. The lowest BCUT2D eigenvalue weighted by molar-refractivity contribution is -0.137. The van der Waals surface area contributed by atoms with Crippen LogP contribution in [0.5, 0.6) is 11.6 Å². The summed E-state index contributed by atoms with van der Waals surface area (Å²) < 4.78 is 46.4. The van der Waals surface area contributed by atoms with Gasteiger partial charge in [0.15, 0.2) is 0 Å². The zero-order valence-corrected chi connectivity index (χ0v) is 18.6. The Balaban J connectivity index is 1.42. The largest absolute Gasteiger partial charge is 0.439 e. The zero-order chi connectivity index (χ0) is 24.6. The van der Waals surface area contributed by atoms with Gasteiger partial charge in [-0.2, -0.15) is 13.2 Å². The summed E-state index contributed by atoms with van der Waals surface area (Å²) in [6.07, 6.45) is 2.28. The SMILES string of the molecule is C=CC(=O)N1CCC(c2cc(-c3ccc(Oc4cc(C(F)(F)F)ccn4)cc3)n3cnccc23)C1. The first-order valence-electron chi connectivity index (χ1n) is 11.0. The van der Waals surface area contributed by atoms with E-state index in [1.165, 1.54) is 6.08 Å². The third-order valence-corrected chi connectivity index (χ3v) is 6.16. The summed E-state index contributed by atoms with van der Waals surface area (Å²) in [5, 5.41) is 0. The molecule has 0 radical (unpaired) electrons. The highest BCUT2D eigenvalue weighted by Gasteiger charge is 2.31. The van der Waals surface area contributed by atoms with E-state index in [9.17, 15) is 18.0 Å². The van der Waals surface area contributed by atoms with Gasteiger partial charge in [0.05, 0.1) is 23.1 Å². The first-order valence-corrected chi connectivity index (χ1v) is 11.0. The fourth-order valence-corrected chi connectivity index (χ4v) is 4.43. The molecule has 4 heterocycles. The van der Waals surface area contributed by atoms with Crippen molar-refractivity contribution < 1.29 is 22.7 Å². The molecule has 1 atom stereocenters. The van der Waals surface area contributed by atoms with Crippen LogP contribution in [0.15, 0.2) is 79.9 Å². The smallest absolute Gasteiger partial charge is 0.416 e. The monoisotopic (exact) mass is 478 g/mol. The van der Waals surface area contributed by atoms with E-state index in [-0.39, 0.29) is 17.7 Å². The molecule has 6 nitrogen and oxygen atoms in total. The summed E-state index contributed by atoms with van der Waals surface area (Å²) in [5.74, 6) is 0.365. The highest BCUT2D eigenvalue weighted by atomic mass is 19.4. The van der Waals surface area contributed by atoms with Gasteiger partial charge in [-0.05, 0) is 66.1 Å². The summed E-state index contributed by atoms with van der Waals surface area (Å²) in [5.41, 5.74) is 3.14. The van der Waals surface area contributed by atoms with Gasteiger partial charge >= 0.3 is 6.18 Å². The van der Waals surface area contributed by atoms with Crippen LogP contribution in [0.4, 0.5) is 13.2 Å². The quantitative estimate of drug-likeness (QED) is 0.345. The van der Waals surface area contributed by atoms with Gasteiger partial charge in [-0.15, -0.1) is 0 Å². The molecule has 4 aromatic rings. The Bertz CT molecular complexity index is 1400. The van der Waals surface area contributed by atoms with Crippen LogP contribution in [-0.4, -0.2) is 38.3 Å². The Morgan fingerprint density at radius 2 is 1.91 bits per heavy atom. The van der Waals surface area contributed by atoms with Gasteiger partial charge in [-0.1, -0.05) is 6.58 Å². The predicted molar refractivity (Wildman–Crippen MR) is 124 cm³/mol.